The van der Waals surface area contributed by atoms with Crippen LogP contribution >= 0.6 is 11.6 Å². The van der Waals surface area contributed by atoms with Crippen LogP contribution in [-0.2, 0) is 22.7 Å². The summed E-state index contributed by atoms with van der Waals surface area (Å²) in [5.41, 5.74) is 2.38. The van der Waals surface area contributed by atoms with Crippen LogP contribution in [0.5, 0.6) is 11.5 Å². The number of aliphatic hydroxyl groups excluding tert-OH is 3. The first kappa shape index (κ1) is 29.9. The SMILES string of the molecule is COc1cc(CO)cc2c1O[C@@H]1[C@@H](O)[C@H](N(Cc3ccc(Cl)cc3)C(=O)CC3CC4CCC3C4)C=C(C(=O)NCCO)[C@H]21. The predicted molar refractivity (Wildman–Crippen MR) is 160 cm³/mol. The zero-order valence-corrected chi connectivity index (χ0v) is 25.0. The molecular formula is C33H39ClN2O7. The molecule has 2 aromatic rings. The van der Waals surface area contributed by atoms with Gasteiger partial charge in [0.15, 0.2) is 11.5 Å². The molecule has 2 amide bonds. The van der Waals surface area contributed by atoms with Crippen LogP contribution in [0, 0.1) is 17.8 Å². The lowest BCUT2D eigenvalue weighted by molar-refractivity contribution is -0.139. The van der Waals surface area contributed by atoms with Crippen molar-refractivity contribution in [1.82, 2.24) is 10.2 Å². The first-order chi connectivity index (χ1) is 20.8. The molecule has 9 nitrogen and oxygen atoms in total. The van der Waals surface area contributed by atoms with Gasteiger partial charge in [0.25, 0.3) is 0 Å². The molecular weight excluding hydrogens is 572 g/mol. The maximum atomic E-state index is 14.2. The minimum absolute atomic E-state index is 0.0478. The van der Waals surface area contributed by atoms with Crippen molar-refractivity contribution in [2.75, 3.05) is 20.3 Å². The van der Waals surface area contributed by atoms with Gasteiger partial charge in [0.05, 0.1) is 32.3 Å². The van der Waals surface area contributed by atoms with E-state index in [1.165, 1.54) is 20.0 Å². The van der Waals surface area contributed by atoms with Crippen LogP contribution in [-0.4, -0.2) is 70.5 Å². The van der Waals surface area contributed by atoms with E-state index in [0.29, 0.717) is 57.4 Å². The van der Waals surface area contributed by atoms with Gasteiger partial charge in [-0.25, -0.2) is 0 Å². The van der Waals surface area contributed by atoms with E-state index in [-0.39, 0.29) is 32.2 Å². The summed E-state index contributed by atoms with van der Waals surface area (Å²) in [4.78, 5) is 29.4. The van der Waals surface area contributed by atoms with E-state index in [4.69, 9.17) is 21.1 Å². The Labute approximate surface area is 256 Å². The van der Waals surface area contributed by atoms with Gasteiger partial charge in [-0.3, -0.25) is 9.59 Å². The lowest BCUT2D eigenvalue weighted by atomic mass is 9.77. The van der Waals surface area contributed by atoms with Crippen LogP contribution in [0.2, 0.25) is 5.02 Å². The number of carbonyl (C=O) groups is 2. The number of ether oxygens (including phenoxy) is 2. The van der Waals surface area contributed by atoms with Gasteiger partial charge in [0.2, 0.25) is 11.8 Å². The van der Waals surface area contributed by atoms with Crippen LogP contribution in [0.4, 0.5) is 0 Å². The molecule has 7 atom stereocenters. The van der Waals surface area contributed by atoms with Crippen molar-refractivity contribution in [3.05, 3.63) is 69.8 Å². The highest BCUT2D eigenvalue weighted by Crippen LogP contribution is 2.52. The largest absolute Gasteiger partial charge is 0.493 e. The van der Waals surface area contributed by atoms with Gasteiger partial charge in [-0.15, -0.1) is 0 Å². The molecule has 2 bridgehead atoms. The Kier molecular flexibility index (Phi) is 8.69. The molecule has 0 spiro atoms. The van der Waals surface area contributed by atoms with Crippen molar-refractivity contribution in [2.24, 2.45) is 17.8 Å². The molecule has 0 saturated heterocycles. The van der Waals surface area contributed by atoms with E-state index in [9.17, 15) is 24.9 Å². The van der Waals surface area contributed by atoms with Crippen molar-refractivity contribution >= 4 is 23.4 Å². The second-order valence-corrected chi connectivity index (χ2v) is 12.7. The van der Waals surface area contributed by atoms with E-state index < -0.39 is 30.1 Å². The number of aliphatic hydroxyl groups is 3. The zero-order chi connectivity index (χ0) is 30.2. The molecule has 4 aliphatic rings. The molecule has 230 valence electrons. The molecule has 4 N–H and O–H groups in total. The van der Waals surface area contributed by atoms with E-state index in [1.807, 2.05) is 12.1 Å². The fourth-order valence-corrected chi connectivity index (χ4v) is 7.86. The van der Waals surface area contributed by atoms with Crippen molar-refractivity contribution in [3.63, 3.8) is 0 Å². The van der Waals surface area contributed by atoms with Crippen LogP contribution in [0.25, 0.3) is 0 Å². The summed E-state index contributed by atoms with van der Waals surface area (Å²) in [6.45, 7) is -0.205. The summed E-state index contributed by atoms with van der Waals surface area (Å²) >= 11 is 6.14. The number of nitrogens with zero attached hydrogens (tertiary/aromatic N) is 1. The predicted octanol–water partition coefficient (Wildman–Crippen LogP) is 3.32. The highest BCUT2D eigenvalue weighted by molar-refractivity contribution is 6.30. The number of fused-ring (bicyclic) bond motifs is 5. The molecule has 1 heterocycles. The summed E-state index contributed by atoms with van der Waals surface area (Å²) in [7, 11) is 1.49. The van der Waals surface area contributed by atoms with E-state index in [0.717, 1.165) is 18.4 Å². The third-order valence-electron chi connectivity index (χ3n) is 9.76. The minimum atomic E-state index is -1.16. The van der Waals surface area contributed by atoms with Gasteiger partial charge in [0, 0.05) is 35.7 Å². The lowest BCUT2D eigenvalue weighted by Gasteiger charge is -2.41. The molecule has 3 unspecified atom stereocenters. The number of amides is 2. The quantitative estimate of drug-likeness (QED) is 0.325. The average Bonchev–Trinajstić information content (AvgIpc) is 3.74. The molecule has 6 rings (SSSR count). The minimum Gasteiger partial charge on any atom is -0.493 e. The normalized spacial score (nSPS) is 28.5. The van der Waals surface area contributed by atoms with Gasteiger partial charge in [-0.05, 0) is 78.5 Å². The van der Waals surface area contributed by atoms with E-state index in [1.54, 1.807) is 35.2 Å². The number of halogens is 1. The maximum Gasteiger partial charge on any atom is 0.247 e. The smallest absolute Gasteiger partial charge is 0.247 e. The number of hydrogen-bond acceptors (Lipinski definition) is 7. The Bertz CT molecular complexity index is 1400. The Hall–Kier alpha value is -3.11. The molecule has 0 radical (unpaired) electrons. The van der Waals surface area contributed by atoms with Crippen molar-refractivity contribution in [1.29, 1.82) is 0 Å². The zero-order valence-electron chi connectivity index (χ0n) is 24.2. The molecule has 3 aliphatic carbocycles. The second kappa shape index (κ2) is 12.5. The van der Waals surface area contributed by atoms with Crippen LogP contribution in [0.15, 0.2) is 48.0 Å². The van der Waals surface area contributed by atoms with Gasteiger partial charge in [-0.1, -0.05) is 30.2 Å². The van der Waals surface area contributed by atoms with Crippen molar-refractivity contribution in [2.45, 2.75) is 69.4 Å². The van der Waals surface area contributed by atoms with E-state index >= 15 is 0 Å². The number of benzene rings is 2. The van der Waals surface area contributed by atoms with Crippen LogP contribution in [0.3, 0.4) is 0 Å². The summed E-state index contributed by atoms with van der Waals surface area (Å²) in [6.07, 6.45) is 4.67. The molecule has 0 aromatic heterocycles. The summed E-state index contributed by atoms with van der Waals surface area (Å²) in [5, 5.41) is 34.6. The van der Waals surface area contributed by atoms with Gasteiger partial charge >= 0.3 is 0 Å². The molecule has 2 aromatic carbocycles. The molecule has 2 fully saturated rings. The number of hydrogen-bond donors (Lipinski definition) is 4. The molecule has 2 saturated carbocycles. The van der Waals surface area contributed by atoms with Crippen molar-refractivity contribution < 1.29 is 34.4 Å². The van der Waals surface area contributed by atoms with Crippen LogP contribution < -0.4 is 14.8 Å². The standard InChI is InChI=1S/C33H39ClN2O7/c1-42-27-13-20(17-38)12-24-29-25(33(41)35-8-9-37)15-26(30(40)32(29)43-31(24)27)36(16-18-3-6-23(34)7-4-18)28(39)14-22-11-19-2-5-21(22)10-19/h3-4,6-7,12-13,15,19,21-22,26,29-30,32,37-38,40H,2,5,8-11,14,16-17H2,1H3,(H,35,41)/t19?,21?,22?,26-,29+,30+,32+/m1/s1. The highest BCUT2D eigenvalue weighted by Gasteiger charge is 2.52. The number of rotatable bonds is 10. The van der Waals surface area contributed by atoms with E-state index in [2.05, 4.69) is 5.32 Å². The Morgan fingerprint density at radius 1 is 1.12 bits per heavy atom. The Morgan fingerprint density at radius 3 is 2.56 bits per heavy atom. The summed E-state index contributed by atoms with van der Waals surface area (Å²) < 4.78 is 11.9. The first-order valence-electron chi connectivity index (χ1n) is 15.1. The number of nitrogens with one attached hydrogen (secondary N) is 1. The molecule has 1 aliphatic heterocycles. The van der Waals surface area contributed by atoms with Crippen molar-refractivity contribution in [3.8, 4) is 11.5 Å². The first-order valence-corrected chi connectivity index (χ1v) is 15.5. The molecule has 10 heteroatoms. The van der Waals surface area contributed by atoms with Crippen LogP contribution in [0.1, 0.15) is 54.7 Å². The second-order valence-electron chi connectivity index (χ2n) is 12.3. The highest BCUT2D eigenvalue weighted by atomic mass is 35.5. The number of methoxy groups -OCH3 is 1. The Morgan fingerprint density at radius 2 is 1.91 bits per heavy atom. The Balaban J connectivity index is 1.39. The van der Waals surface area contributed by atoms with Gasteiger partial charge in [0.1, 0.15) is 12.2 Å². The average molecular weight is 611 g/mol. The monoisotopic (exact) mass is 610 g/mol. The maximum absolute atomic E-state index is 14.2. The summed E-state index contributed by atoms with van der Waals surface area (Å²) in [6, 6.07) is 9.84. The third kappa shape index (κ3) is 5.76. The van der Waals surface area contributed by atoms with Gasteiger partial charge in [-0.2, -0.15) is 0 Å². The fourth-order valence-electron chi connectivity index (χ4n) is 7.73. The lowest BCUT2D eigenvalue weighted by Crippen LogP contribution is -2.55. The topological polar surface area (TPSA) is 129 Å². The fraction of sp³-hybridized carbons (Fsp3) is 0.515. The number of carbonyl (C=O) groups excluding carboxylic acids is 2. The third-order valence-corrected chi connectivity index (χ3v) is 10.0. The summed E-state index contributed by atoms with van der Waals surface area (Å²) in [5.74, 6) is 1.20. The molecule has 43 heavy (non-hydrogen) atoms. The van der Waals surface area contributed by atoms with Gasteiger partial charge < -0.3 is 35.0 Å².